The van der Waals surface area contributed by atoms with Gasteiger partial charge in [-0.15, -0.1) is 0 Å². The molecule has 96 valence electrons. The highest BCUT2D eigenvalue weighted by atomic mass is 16.1. The van der Waals surface area contributed by atoms with Gasteiger partial charge >= 0.3 is 0 Å². The van der Waals surface area contributed by atoms with E-state index in [1.165, 1.54) is 31.2 Å². The molecule has 2 aliphatic rings. The summed E-state index contributed by atoms with van der Waals surface area (Å²) in [4.78, 5) is 12.1. The van der Waals surface area contributed by atoms with Crippen molar-refractivity contribution in [3.05, 3.63) is 35.4 Å². The molecule has 1 atom stereocenters. The quantitative estimate of drug-likeness (QED) is 0.729. The van der Waals surface area contributed by atoms with E-state index < -0.39 is 0 Å². The molecule has 2 nitrogen and oxygen atoms in total. The lowest BCUT2D eigenvalue weighted by atomic mass is 10.0. The molecule has 1 fully saturated rings. The van der Waals surface area contributed by atoms with Crippen LogP contribution in [0.3, 0.4) is 0 Å². The zero-order valence-corrected chi connectivity index (χ0v) is 11.4. The SMILES string of the molecule is C[N+](C)(C1CCCC1)C1CC(=O)c2ccccc21. The molecule has 1 saturated carbocycles. The molecule has 0 aromatic heterocycles. The number of quaternary nitrogens is 1. The Hall–Kier alpha value is -1.15. The Balaban J connectivity index is 1.96. The van der Waals surface area contributed by atoms with Crippen LogP contribution in [0.4, 0.5) is 0 Å². The third-order valence-electron chi connectivity index (χ3n) is 5.07. The van der Waals surface area contributed by atoms with Gasteiger partial charge in [0.2, 0.25) is 0 Å². The van der Waals surface area contributed by atoms with E-state index in [9.17, 15) is 4.79 Å². The number of carbonyl (C=O) groups is 1. The molecule has 2 heteroatoms. The molecule has 1 aromatic carbocycles. The van der Waals surface area contributed by atoms with Gasteiger partial charge in [-0.1, -0.05) is 24.3 Å². The Labute approximate surface area is 109 Å². The second kappa shape index (κ2) is 4.20. The molecular weight excluding hydrogens is 222 g/mol. The number of hydrogen-bond donors (Lipinski definition) is 0. The highest BCUT2D eigenvalue weighted by Crippen LogP contribution is 2.42. The first-order valence-corrected chi connectivity index (χ1v) is 7.06. The molecule has 3 rings (SSSR count). The molecule has 0 spiro atoms. The summed E-state index contributed by atoms with van der Waals surface area (Å²) in [7, 11) is 4.63. The summed E-state index contributed by atoms with van der Waals surface area (Å²) in [5.41, 5.74) is 2.24. The number of carbonyl (C=O) groups excluding carboxylic acids is 1. The molecule has 2 aliphatic carbocycles. The molecule has 18 heavy (non-hydrogen) atoms. The van der Waals surface area contributed by atoms with Crippen molar-refractivity contribution in [2.45, 2.75) is 44.2 Å². The number of Topliss-reactive ketones (excluding diaryl/α,β-unsaturated/α-hetero) is 1. The second-order valence-corrected chi connectivity index (χ2v) is 6.30. The Kier molecular flexibility index (Phi) is 2.78. The molecule has 0 aliphatic heterocycles. The first-order chi connectivity index (χ1) is 8.60. The van der Waals surface area contributed by atoms with Crippen molar-refractivity contribution < 1.29 is 9.28 Å². The predicted octanol–water partition coefficient (Wildman–Crippen LogP) is 3.33. The number of ketones is 1. The van der Waals surface area contributed by atoms with E-state index in [1.807, 2.05) is 12.1 Å². The lowest BCUT2D eigenvalue weighted by molar-refractivity contribution is -0.943. The van der Waals surface area contributed by atoms with E-state index in [0.717, 1.165) is 16.1 Å². The summed E-state index contributed by atoms with van der Waals surface area (Å²) in [6.07, 6.45) is 6.05. The lowest BCUT2D eigenvalue weighted by Crippen LogP contribution is -2.49. The van der Waals surface area contributed by atoms with E-state index in [-0.39, 0.29) is 0 Å². The maximum atomic E-state index is 12.1. The van der Waals surface area contributed by atoms with Crippen molar-refractivity contribution in [1.29, 1.82) is 0 Å². The summed E-state index contributed by atoms with van der Waals surface area (Å²) >= 11 is 0. The van der Waals surface area contributed by atoms with Crippen LogP contribution in [-0.4, -0.2) is 30.4 Å². The van der Waals surface area contributed by atoms with Gasteiger partial charge in [0.05, 0.1) is 26.6 Å². The molecule has 0 radical (unpaired) electrons. The Bertz CT molecular complexity index is 472. The number of benzene rings is 1. The van der Waals surface area contributed by atoms with Gasteiger partial charge in [0.25, 0.3) is 0 Å². The fourth-order valence-electron chi connectivity index (χ4n) is 3.86. The average Bonchev–Trinajstić information content (AvgIpc) is 2.98. The molecule has 1 unspecified atom stereocenters. The summed E-state index contributed by atoms with van der Waals surface area (Å²) in [6.45, 7) is 0. The summed E-state index contributed by atoms with van der Waals surface area (Å²) in [6, 6.07) is 9.30. The van der Waals surface area contributed by atoms with Crippen molar-refractivity contribution >= 4 is 5.78 Å². The highest BCUT2D eigenvalue weighted by molar-refractivity contribution is 6.00. The van der Waals surface area contributed by atoms with Crippen LogP contribution in [0.1, 0.15) is 54.1 Å². The summed E-state index contributed by atoms with van der Waals surface area (Å²) < 4.78 is 0.989. The minimum absolute atomic E-state index is 0.333. The monoisotopic (exact) mass is 244 g/mol. The maximum Gasteiger partial charge on any atom is 0.169 e. The first-order valence-electron chi connectivity index (χ1n) is 7.06. The molecular formula is C16H22NO+. The van der Waals surface area contributed by atoms with Gasteiger partial charge in [0, 0.05) is 11.1 Å². The normalized spacial score (nSPS) is 24.6. The molecule has 1 aromatic rings. The van der Waals surface area contributed by atoms with Crippen molar-refractivity contribution in [2.24, 2.45) is 0 Å². The van der Waals surface area contributed by atoms with E-state index in [0.29, 0.717) is 18.2 Å². The van der Waals surface area contributed by atoms with Gasteiger partial charge in [-0.05, 0) is 25.7 Å². The number of rotatable bonds is 2. The van der Waals surface area contributed by atoms with Gasteiger partial charge in [0.1, 0.15) is 6.04 Å². The molecule has 0 amide bonds. The zero-order chi connectivity index (χ0) is 12.8. The fourth-order valence-corrected chi connectivity index (χ4v) is 3.86. The topological polar surface area (TPSA) is 17.1 Å². The lowest BCUT2D eigenvalue weighted by Gasteiger charge is -2.41. The Morgan fingerprint density at radius 2 is 1.78 bits per heavy atom. The number of nitrogens with zero attached hydrogens (tertiary/aromatic N) is 1. The molecule has 0 N–H and O–H groups in total. The smallest absolute Gasteiger partial charge is 0.169 e. The van der Waals surface area contributed by atoms with Gasteiger partial charge in [0.15, 0.2) is 5.78 Å². The number of hydrogen-bond acceptors (Lipinski definition) is 1. The van der Waals surface area contributed by atoms with Gasteiger partial charge < -0.3 is 4.48 Å². The van der Waals surface area contributed by atoms with Crippen molar-refractivity contribution in [2.75, 3.05) is 14.1 Å². The standard InChI is InChI=1S/C16H22NO/c1-17(2,12-7-3-4-8-12)15-11-16(18)14-10-6-5-9-13(14)15/h5-6,9-10,12,15H,3-4,7-8,11H2,1-2H3/q+1. The second-order valence-electron chi connectivity index (χ2n) is 6.30. The highest BCUT2D eigenvalue weighted by Gasteiger charge is 2.44. The van der Waals surface area contributed by atoms with Crippen molar-refractivity contribution in [3.8, 4) is 0 Å². The number of fused-ring (bicyclic) bond motifs is 1. The van der Waals surface area contributed by atoms with Crippen LogP contribution in [0, 0.1) is 0 Å². The fraction of sp³-hybridized carbons (Fsp3) is 0.562. The van der Waals surface area contributed by atoms with E-state index in [2.05, 4.69) is 26.2 Å². The maximum absolute atomic E-state index is 12.1. The van der Waals surface area contributed by atoms with Crippen LogP contribution >= 0.6 is 0 Å². The minimum Gasteiger partial charge on any atom is -0.319 e. The van der Waals surface area contributed by atoms with Gasteiger partial charge in [-0.3, -0.25) is 4.79 Å². The van der Waals surface area contributed by atoms with Crippen LogP contribution in [0.2, 0.25) is 0 Å². The average molecular weight is 244 g/mol. The summed E-state index contributed by atoms with van der Waals surface area (Å²) in [5, 5.41) is 0. The van der Waals surface area contributed by atoms with E-state index >= 15 is 0 Å². The molecule has 0 heterocycles. The Morgan fingerprint density at radius 3 is 2.50 bits per heavy atom. The van der Waals surface area contributed by atoms with Gasteiger partial charge in [-0.2, -0.15) is 0 Å². The van der Waals surface area contributed by atoms with Crippen LogP contribution in [0.5, 0.6) is 0 Å². The first kappa shape index (κ1) is 11.9. The van der Waals surface area contributed by atoms with Crippen molar-refractivity contribution in [1.82, 2.24) is 0 Å². The summed E-state index contributed by atoms with van der Waals surface area (Å²) in [5.74, 6) is 0.333. The van der Waals surface area contributed by atoms with E-state index in [4.69, 9.17) is 0 Å². The van der Waals surface area contributed by atoms with E-state index in [1.54, 1.807) is 0 Å². The largest absolute Gasteiger partial charge is 0.319 e. The van der Waals surface area contributed by atoms with Gasteiger partial charge in [-0.25, -0.2) is 0 Å². The Morgan fingerprint density at radius 1 is 1.11 bits per heavy atom. The van der Waals surface area contributed by atoms with Crippen LogP contribution < -0.4 is 0 Å². The van der Waals surface area contributed by atoms with Crippen LogP contribution in [0.25, 0.3) is 0 Å². The molecule has 0 saturated heterocycles. The zero-order valence-electron chi connectivity index (χ0n) is 11.4. The molecule has 0 bridgehead atoms. The van der Waals surface area contributed by atoms with Crippen molar-refractivity contribution in [3.63, 3.8) is 0 Å². The predicted molar refractivity (Wildman–Crippen MR) is 72.5 cm³/mol. The third-order valence-corrected chi connectivity index (χ3v) is 5.07. The third kappa shape index (κ3) is 1.71. The minimum atomic E-state index is 0.333. The van der Waals surface area contributed by atoms with Crippen LogP contribution in [0.15, 0.2) is 24.3 Å². The van der Waals surface area contributed by atoms with Crippen LogP contribution in [-0.2, 0) is 0 Å².